The second-order valence-corrected chi connectivity index (χ2v) is 4.81. The minimum atomic E-state index is -0.304. The van der Waals surface area contributed by atoms with Crippen LogP contribution in [0.5, 0.6) is 11.5 Å². The highest BCUT2D eigenvalue weighted by Gasteiger charge is 2.13. The molecule has 98 valence electrons. The minimum absolute atomic E-state index is 0.224. The van der Waals surface area contributed by atoms with Crippen molar-refractivity contribution >= 4 is 11.8 Å². The fourth-order valence-corrected chi connectivity index (χ4v) is 2.14. The van der Waals surface area contributed by atoms with E-state index >= 15 is 0 Å². The Hall–Kier alpha value is -1.41. The number of methoxy groups -OCH3 is 2. The van der Waals surface area contributed by atoms with E-state index < -0.39 is 0 Å². The fourth-order valence-electron chi connectivity index (χ4n) is 1.67. The van der Waals surface area contributed by atoms with Gasteiger partial charge in [-0.25, -0.2) is 4.39 Å². The van der Waals surface area contributed by atoms with Gasteiger partial charge in [-0.3, -0.25) is 0 Å². The highest BCUT2D eigenvalue weighted by molar-refractivity contribution is 8.03. The van der Waals surface area contributed by atoms with Gasteiger partial charge in [-0.05, 0) is 35.7 Å². The average molecular weight is 269 g/mol. The summed E-state index contributed by atoms with van der Waals surface area (Å²) in [5.41, 5.74) is 0.582. The maximum absolute atomic E-state index is 13.8. The lowest BCUT2D eigenvalue weighted by molar-refractivity contribution is 0.351. The molecule has 0 aliphatic carbocycles. The smallest absolute Gasteiger partial charge is 0.163 e. The van der Waals surface area contributed by atoms with Crippen molar-refractivity contribution in [3.8, 4) is 16.9 Å². The van der Waals surface area contributed by atoms with E-state index in [-0.39, 0.29) is 11.7 Å². The summed E-state index contributed by atoms with van der Waals surface area (Å²) >= 11 is 1.19. The Bertz CT molecular complexity index is 445. The zero-order chi connectivity index (χ0) is 13.5. The first-order valence-corrected chi connectivity index (χ1v) is 6.52. The predicted molar refractivity (Wildman–Crippen MR) is 70.4 cm³/mol. The number of halogens is 1. The number of hydrogen-bond acceptors (Lipinski definition) is 4. The quantitative estimate of drug-likeness (QED) is 0.743. The van der Waals surface area contributed by atoms with E-state index in [9.17, 15) is 4.39 Å². The summed E-state index contributed by atoms with van der Waals surface area (Å²) in [7, 11) is 3.00. The molecule has 1 aromatic rings. The van der Waals surface area contributed by atoms with Gasteiger partial charge in [0.1, 0.15) is 11.2 Å². The average Bonchev–Trinajstić information content (AvgIpc) is 2.38. The third-order valence-electron chi connectivity index (χ3n) is 2.55. The van der Waals surface area contributed by atoms with E-state index in [0.29, 0.717) is 29.2 Å². The number of ether oxygens (including phenoxy) is 2. The summed E-state index contributed by atoms with van der Waals surface area (Å²) in [6, 6.07) is 2.99. The number of nitriles is 1. The van der Waals surface area contributed by atoms with E-state index in [0.717, 1.165) is 0 Å². The predicted octanol–water partition coefficient (Wildman–Crippen LogP) is 3.24. The van der Waals surface area contributed by atoms with Crippen molar-refractivity contribution in [2.24, 2.45) is 5.92 Å². The van der Waals surface area contributed by atoms with Crippen molar-refractivity contribution in [1.82, 2.24) is 0 Å². The SMILES string of the molecule is COc1cc(F)c(CC(C)CSC#N)cc1OC. The molecule has 0 saturated heterocycles. The molecule has 0 spiro atoms. The van der Waals surface area contributed by atoms with E-state index in [2.05, 4.69) is 0 Å². The fraction of sp³-hybridized carbons (Fsp3) is 0.462. The van der Waals surface area contributed by atoms with Crippen LogP contribution in [0, 0.1) is 22.4 Å². The summed E-state index contributed by atoms with van der Waals surface area (Å²) in [5, 5.41) is 10.5. The van der Waals surface area contributed by atoms with Gasteiger partial charge in [-0.1, -0.05) is 6.92 Å². The molecule has 5 heteroatoms. The van der Waals surface area contributed by atoms with Crippen LogP contribution in [0.3, 0.4) is 0 Å². The molecule has 0 heterocycles. The van der Waals surface area contributed by atoms with Crippen molar-refractivity contribution in [1.29, 1.82) is 5.26 Å². The molecule has 1 aromatic carbocycles. The Kier molecular flexibility index (Phi) is 5.79. The Balaban J connectivity index is 2.86. The molecule has 0 fully saturated rings. The zero-order valence-corrected chi connectivity index (χ0v) is 11.5. The van der Waals surface area contributed by atoms with Crippen LogP contribution in [0.1, 0.15) is 12.5 Å². The second kappa shape index (κ2) is 7.12. The molecule has 0 aliphatic rings. The maximum Gasteiger partial charge on any atom is 0.163 e. The third-order valence-corrected chi connectivity index (χ3v) is 3.42. The van der Waals surface area contributed by atoms with Gasteiger partial charge in [0.25, 0.3) is 0 Å². The lowest BCUT2D eigenvalue weighted by Gasteiger charge is -2.13. The molecule has 0 amide bonds. The van der Waals surface area contributed by atoms with Crippen LogP contribution in [-0.4, -0.2) is 20.0 Å². The van der Waals surface area contributed by atoms with Gasteiger partial charge in [0.2, 0.25) is 0 Å². The molecule has 0 aliphatic heterocycles. The highest BCUT2D eigenvalue weighted by atomic mass is 32.2. The first kappa shape index (κ1) is 14.7. The van der Waals surface area contributed by atoms with E-state index in [1.807, 2.05) is 12.3 Å². The standard InChI is InChI=1S/C13H16FNO2S/c1-9(7-18-8-15)4-10-5-12(16-2)13(17-3)6-11(10)14/h5-6,9H,4,7H2,1-3H3. The Labute approximate surface area is 111 Å². The first-order chi connectivity index (χ1) is 8.62. The number of rotatable bonds is 6. The summed E-state index contributed by atoms with van der Waals surface area (Å²) in [4.78, 5) is 0. The van der Waals surface area contributed by atoms with Crippen LogP contribution in [0.2, 0.25) is 0 Å². The molecule has 1 rings (SSSR count). The van der Waals surface area contributed by atoms with Crippen molar-refractivity contribution in [3.05, 3.63) is 23.5 Å². The Morgan fingerprint density at radius 2 is 1.94 bits per heavy atom. The maximum atomic E-state index is 13.8. The van der Waals surface area contributed by atoms with Crippen molar-refractivity contribution in [3.63, 3.8) is 0 Å². The van der Waals surface area contributed by atoms with Gasteiger partial charge in [0, 0.05) is 11.8 Å². The monoisotopic (exact) mass is 269 g/mol. The summed E-state index contributed by atoms with van der Waals surface area (Å²) in [6.07, 6.45) is 0.570. The van der Waals surface area contributed by atoms with Gasteiger partial charge in [0.05, 0.1) is 14.2 Å². The highest BCUT2D eigenvalue weighted by Crippen LogP contribution is 2.31. The molecule has 0 N–H and O–H groups in total. The number of thioether (sulfide) groups is 1. The molecule has 3 nitrogen and oxygen atoms in total. The molecule has 1 atom stereocenters. The van der Waals surface area contributed by atoms with E-state index in [1.54, 1.807) is 6.07 Å². The summed E-state index contributed by atoms with van der Waals surface area (Å²) in [6.45, 7) is 1.99. The number of hydrogen-bond donors (Lipinski definition) is 0. The summed E-state index contributed by atoms with van der Waals surface area (Å²) < 4.78 is 24.0. The van der Waals surface area contributed by atoms with E-state index in [4.69, 9.17) is 14.7 Å². The molecule has 0 saturated carbocycles. The van der Waals surface area contributed by atoms with Crippen LogP contribution in [0.25, 0.3) is 0 Å². The van der Waals surface area contributed by atoms with Gasteiger partial charge in [-0.2, -0.15) is 5.26 Å². The van der Waals surface area contributed by atoms with Crippen molar-refractivity contribution in [2.45, 2.75) is 13.3 Å². The lowest BCUT2D eigenvalue weighted by Crippen LogP contribution is -2.05. The van der Waals surface area contributed by atoms with Crippen molar-refractivity contribution in [2.75, 3.05) is 20.0 Å². The second-order valence-electron chi connectivity index (χ2n) is 4.01. The van der Waals surface area contributed by atoms with Crippen LogP contribution < -0.4 is 9.47 Å². The van der Waals surface area contributed by atoms with Crippen LogP contribution in [-0.2, 0) is 6.42 Å². The Morgan fingerprint density at radius 3 is 2.50 bits per heavy atom. The van der Waals surface area contributed by atoms with Crippen LogP contribution in [0.4, 0.5) is 4.39 Å². The topological polar surface area (TPSA) is 42.2 Å². The molecule has 1 unspecified atom stereocenters. The number of thiocyanates is 1. The minimum Gasteiger partial charge on any atom is -0.493 e. The molecular formula is C13H16FNO2S. The summed E-state index contributed by atoms with van der Waals surface area (Å²) in [5.74, 6) is 1.51. The largest absolute Gasteiger partial charge is 0.493 e. The van der Waals surface area contributed by atoms with Gasteiger partial charge in [-0.15, -0.1) is 0 Å². The van der Waals surface area contributed by atoms with Gasteiger partial charge < -0.3 is 9.47 Å². The molecule has 0 radical (unpaired) electrons. The molecule has 0 bridgehead atoms. The number of benzene rings is 1. The third kappa shape index (κ3) is 3.81. The van der Waals surface area contributed by atoms with Gasteiger partial charge >= 0.3 is 0 Å². The van der Waals surface area contributed by atoms with Crippen molar-refractivity contribution < 1.29 is 13.9 Å². The Morgan fingerprint density at radius 1 is 1.33 bits per heavy atom. The van der Waals surface area contributed by atoms with E-state index in [1.165, 1.54) is 32.0 Å². The normalized spacial score (nSPS) is 11.7. The first-order valence-electron chi connectivity index (χ1n) is 5.53. The molecule has 18 heavy (non-hydrogen) atoms. The van der Waals surface area contributed by atoms with Crippen LogP contribution in [0.15, 0.2) is 12.1 Å². The zero-order valence-electron chi connectivity index (χ0n) is 10.7. The van der Waals surface area contributed by atoms with Gasteiger partial charge in [0.15, 0.2) is 11.5 Å². The molecule has 0 aromatic heterocycles. The number of nitrogens with zero attached hydrogens (tertiary/aromatic N) is 1. The van der Waals surface area contributed by atoms with Crippen LogP contribution >= 0.6 is 11.8 Å². The lowest BCUT2D eigenvalue weighted by atomic mass is 10.0. The molecular weight excluding hydrogens is 253 g/mol.